The van der Waals surface area contributed by atoms with E-state index in [9.17, 15) is 9.59 Å². The van der Waals surface area contributed by atoms with E-state index in [-0.39, 0.29) is 0 Å². The van der Waals surface area contributed by atoms with E-state index in [0.717, 1.165) is 4.90 Å². The maximum absolute atomic E-state index is 10.2. The molecular weight excluding hydrogens is 134 g/mol. The molecule has 0 aromatic rings. The number of amides is 1. The van der Waals surface area contributed by atoms with Crippen molar-refractivity contribution < 1.29 is 14.7 Å². The molecule has 4 nitrogen and oxygen atoms in total. The van der Waals surface area contributed by atoms with Gasteiger partial charge < -0.3 is 10.0 Å². The number of carbonyl (C=O) groups is 2. The molecule has 60 valence electrons. The van der Waals surface area contributed by atoms with Gasteiger partial charge in [-0.3, -0.25) is 4.79 Å². The Balaban J connectivity index is 0. The molecule has 0 saturated heterocycles. The van der Waals surface area contributed by atoms with Crippen molar-refractivity contribution in [2.45, 2.75) is 13.8 Å². The first-order valence-electron chi connectivity index (χ1n) is 3.00. The number of aliphatic carboxylic acids is 1. The van der Waals surface area contributed by atoms with Crippen LogP contribution in [0, 0.1) is 0 Å². The number of carbonyl (C=O) groups excluding carboxylic acids is 1. The van der Waals surface area contributed by atoms with Crippen molar-refractivity contribution >= 4 is 11.9 Å². The van der Waals surface area contributed by atoms with Crippen LogP contribution in [0.2, 0.25) is 0 Å². The minimum atomic E-state index is -1.42. The van der Waals surface area contributed by atoms with Crippen LogP contribution in [-0.2, 0) is 9.59 Å². The Hall–Kier alpha value is -1.06. The van der Waals surface area contributed by atoms with Gasteiger partial charge in [0.25, 0.3) is 0 Å². The van der Waals surface area contributed by atoms with Crippen LogP contribution in [0.25, 0.3) is 0 Å². The lowest BCUT2D eigenvalue weighted by Gasteiger charge is -2.03. The van der Waals surface area contributed by atoms with E-state index in [1.165, 1.54) is 14.1 Å². The predicted octanol–water partition coefficient (Wildman–Crippen LogP) is 0.185. The summed E-state index contributed by atoms with van der Waals surface area (Å²) in [5, 5.41) is 7.96. The monoisotopic (exact) mass is 147 g/mol. The zero-order chi connectivity index (χ0) is 8.73. The fraction of sp³-hybridized carbons (Fsp3) is 0.667. The normalized spacial score (nSPS) is 7.20. The highest BCUT2D eigenvalue weighted by atomic mass is 16.4. The summed E-state index contributed by atoms with van der Waals surface area (Å²) in [4.78, 5) is 20.9. The smallest absolute Gasteiger partial charge is 0.394 e. The van der Waals surface area contributed by atoms with Crippen LogP contribution in [0.5, 0.6) is 0 Å². The predicted molar refractivity (Wildman–Crippen MR) is 37.7 cm³/mol. The van der Waals surface area contributed by atoms with Gasteiger partial charge in [0.1, 0.15) is 0 Å². The molecule has 1 N–H and O–H groups in total. The SMILES string of the molecule is CC.CN(C)C(=O)C(=O)O. The molecule has 0 saturated carbocycles. The third-order valence-electron chi connectivity index (χ3n) is 0.589. The number of carboxylic acids is 1. The van der Waals surface area contributed by atoms with Gasteiger partial charge in [-0.25, -0.2) is 4.79 Å². The third-order valence-corrected chi connectivity index (χ3v) is 0.589. The summed E-state index contributed by atoms with van der Waals surface area (Å²) in [6.45, 7) is 4.00. The van der Waals surface area contributed by atoms with Crippen LogP contribution in [-0.4, -0.2) is 36.0 Å². The number of nitrogens with zero attached hydrogens (tertiary/aromatic N) is 1. The Bertz CT molecular complexity index is 120. The zero-order valence-corrected chi connectivity index (χ0v) is 6.71. The summed E-state index contributed by atoms with van der Waals surface area (Å²) in [7, 11) is 2.77. The largest absolute Gasteiger partial charge is 0.474 e. The van der Waals surface area contributed by atoms with Crippen molar-refractivity contribution in [1.29, 1.82) is 0 Å². The average Bonchev–Trinajstić information content (AvgIpc) is 1.90. The third kappa shape index (κ3) is 5.08. The van der Waals surface area contributed by atoms with Gasteiger partial charge in [0.05, 0.1) is 0 Å². The molecule has 1 amide bonds. The molecular formula is C6H13NO3. The van der Waals surface area contributed by atoms with Crippen LogP contribution in [0.15, 0.2) is 0 Å². The molecule has 0 atom stereocenters. The number of hydrogen-bond acceptors (Lipinski definition) is 2. The van der Waals surface area contributed by atoms with Crippen molar-refractivity contribution in [2.75, 3.05) is 14.1 Å². The molecule has 0 aliphatic rings. The summed E-state index contributed by atoms with van der Waals surface area (Å²) < 4.78 is 0. The highest BCUT2D eigenvalue weighted by Crippen LogP contribution is 1.75. The Labute approximate surface area is 60.4 Å². The van der Waals surface area contributed by atoms with Gasteiger partial charge in [-0.05, 0) is 0 Å². The highest BCUT2D eigenvalue weighted by Gasteiger charge is 2.11. The lowest BCUT2D eigenvalue weighted by Crippen LogP contribution is -2.29. The molecule has 0 radical (unpaired) electrons. The van der Waals surface area contributed by atoms with E-state index < -0.39 is 11.9 Å². The second-order valence-electron chi connectivity index (χ2n) is 1.50. The first kappa shape index (κ1) is 11.7. The summed E-state index contributed by atoms with van der Waals surface area (Å²) in [5.74, 6) is -2.32. The molecule has 0 aliphatic heterocycles. The van der Waals surface area contributed by atoms with Crippen molar-refractivity contribution in [2.24, 2.45) is 0 Å². The quantitative estimate of drug-likeness (QED) is 0.497. The Morgan fingerprint density at radius 1 is 1.20 bits per heavy atom. The minimum absolute atomic E-state index is 0.898. The first-order valence-corrected chi connectivity index (χ1v) is 3.00. The lowest BCUT2D eigenvalue weighted by molar-refractivity contribution is -0.154. The molecule has 0 unspecified atom stereocenters. The Morgan fingerprint density at radius 3 is 1.50 bits per heavy atom. The first-order chi connectivity index (χ1) is 4.55. The second-order valence-corrected chi connectivity index (χ2v) is 1.50. The molecule has 10 heavy (non-hydrogen) atoms. The summed E-state index contributed by atoms with van der Waals surface area (Å²) in [6.07, 6.45) is 0. The van der Waals surface area contributed by atoms with Crippen molar-refractivity contribution in [3.8, 4) is 0 Å². The fourth-order valence-electron chi connectivity index (χ4n) is 0.191. The van der Waals surface area contributed by atoms with E-state index in [1.807, 2.05) is 13.8 Å². The van der Waals surface area contributed by atoms with Crippen molar-refractivity contribution in [3.63, 3.8) is 0 Å². The molecule has 0 aliphatic carbocycles. The average molecular weight is 147 g/mol. The van der Waals surface area contributed by atoms with E-state index in [2.05, 4.69) is 0 Å². The van der Waals surface area contributed by atoms with E-state index >= 15 is 0 Å². The zero-order valence-electron chi connectivity index (χ0n) is 6.71. The highest BCUT2D eigenvalue weighted by molar-refractivity contribution is 6.31. The molecule has 0 aromatic heterocycles. The Morgan fingerprint density at radius 2 is 1.50 bits per heavy atom. The number of likely N-dealkylation sites (N-methyl/N-ethyl adjacent to an activating group) is 1. The maximum atomic E-state index is 10.2. The second kappa shape index (κ2) is 6.07. The van der Waals surface area contributed by atoms with Crippen LogP contribution in [0.3, 0.4) is 0 Å². The van der Waals surface area contributed by atoms with Gasteiger partial charge in [0, 0.05) is 14.1 Å². The van der Waals surface area contributed by atoms with Crippen LogP contribution < -0.4 is 0 Å². The topological polar surface area (TPSA) is 57.6 Å². The molecule has 4 heteroatoms. The van der Waals surface area contributed by atoms with Gasteiger partial charge in [0.2, 0.25) is 0 Å². The van der Waals surface area contributed by atoms with E-state index in [4.69, 9.17) is 5.11 Å². The van der Waals surface area contributed by atoms with Crippen LogP contribution in [0.1, 0.15) is 13.8 Å². The fourth-order valence-corrected chi connectivity index (χ4v) is 0.191. The number of hydrogen-bond donors (Lipinski definition) is 1. The standard InChI is InChI=1S/C4H7NO3.C2H6/c1-5(2)3(6)4(7)8;1-2/h1-2H3,(H,7,8);1-2H3. The van der Waals surface area contributed by atoms with Gasteiger partial charge in [-0.2, -0.15) is 0 Å². The summed E-state index contributed by atoms with van der Waals surface area (Å²) in [5.41, 5.74) is 0. The van der Waals surface area contributed by atoms with Crippen molar-refractivity contribution in [1.82, 2.24) is 4.90 Å². The number of carboxylic acid groups (broad SMARTS) is 1. The molecule has 0 rings (SSSR count). The molecule has 0 spiro atoms. The minimum Gasteiger partial charge on any atom is -0.474 e. The summed E-state index contributed by atoms with van der Waals surface area (Å²) in [6, 6.07) is 0. The number of rotatable bonds is 0. The van der Waals surface area contributed by atoms with Crippen LogP contribution >= 0.6 is 0 Å². The van der Waals surface area contributed by atoms with E-state index in [1.54, 1.807) is 0 Å². The van der Waals surface area contributed by atoms with Crippen molar-refractivity contribution in [3.05, 3.63) is 0 Å². The molecule has 0 fully saturated rings. The van der Waals surface area contributed by atoms with Gasteiger partial charge in [-0.1, -0.05) is 13.8 Å². The van der Waals surface area contributed by atoms with E-state index in [0.29, 0.717) is 0 Å². The Kier molecular flexibility index (Phi) is 7.10. The summed E-state index contributed by atoms with van der Waals surface area (Å²) >= 11 is 0. The molecule has 0 bridgehead atoms. The maximum Gasteiger partial charge on any atom is 0.394 e. The molecule has 0 heterocycles. The lowest BCUT2D eigenvalue weighted by atomic mass is 10.6. The van der Waals surface area contributed by atoms with Gasteiger partial charge in [0.15, 0.2) is 0 Å². The van der Waals surface area contributed by atoms with Gasteiger partial charge in [-0.15, -0.1) is 0 Å². The van der Waals surface area contributed by atoms with Gasteiger partial charge >= 0.3 is 11.9 Å². The molecule has 0 aromatic carbocycles. The van der Waals surface area contributed by atoms with Crippen LogP contribution in [0.4, 0.5) is 0 Å².